The van der Waals surface area contributed by atoms with Crippen LogP contribution < -0.4 is 4.72 Å². The Hall–Kier alpha value is -0.950. The molecule has 0 amide bonds. The van der Waals surface area contributed by atoms with Gasteiger partial charge in [-0.3, -0.25) is 4.90 Å². The number of ether oxygens (including phenoxy) is 1. The first-order chi connectivity index (χ1) is 10.6. The highest BCUT2D eigenvalue weighted by Gasteiger charge is 2.16. The SMILES string of the molecule is C[C@H](CNS(=O)(=O)CCc1ccccc1)CN1CCOCC1. The van der Waals surface area contributed by atoms with Crippen molar-refractivity contribution in [2.24, 2.45) is 5.92 Å². The van der Waals surface area contributed by atoms with E-state index in [0.717, 1.165) is 38.4 Å². The first kappa shape index (κ1) is 17.4. The molecule has 0 aliphatic carbocycles. The third-order valence-corrected chi connectivity index (χ3v) is 5.18. The van der Waals surface area contributed by atoms with Gasteiger partial charge in [-0.1, -0.05) is 37.3 Å². The number of sulfonamides is 1. The standard InChI is InChI=1S/C16H26N2O3S/c1-15(14-18-8-10-21-11-9-18)13-17-22(19,20)12-7-16-5-3-2-4-6-16/h2-6,15,17H,7-14H2,1H3/t15-/m1/s1. The molecule has 1 heterocycles. The van der Waals surface area contributed by atoms with Crippen LogP contribution in [0.25, 0.3) is 0 Å². The Labute approximate surface area is 133 Å². The molecule has 0 saturated carbocycles. The minimum Gasteiger partial charge on any atom is -0.379 e. The fourth-order valence-electron chi connectivity index (χ4n) is 2.53. The summed E-state index contributed by atoms with van der Waals surface area (Å²) < 4.78 is 32.2. The molecular weight excluding hydrogens is 300 g/mol. The summed E-state index contributed by atoms with van der Waals surface area (Å²) in [5.41, 5.74) is 1.05. The minimum absolute atomic E-state index is 0.140. The molecule has 0 aromatic heterocycles. The Balaban J connectivity index is 1.69. The molecule has 6 heteroatoms. The Morgan fingerprint density at radius 1 is 1.23 bits per heavy atom. The third-order valence-electron chi connectivity index (χ3n) is 3.83. The molecule has 5 nitrogen and oxygen atoms in total. The van der Waals surface area contributed by atoms with Gasteiger partial charge in [0, 0.05) is 26.2 Å². The van der Waals surface area contributed by atoms with Gasteiger partial charge in [0.25, 0.3) is 0 Å². The molecule has 1 aromatic carbocycles. The molecule has 1 aliphatic rings. The average Bonchev–Trinajstić information content (AvgIpc) is 2.53. The summed E-state index contributed by atoms with van der Waals surface area (Å²) in [4.78, 5) is 2.33. The number of nitrogens with one attached hydrogen (secondary N) is 1. The van der Waals surface area contributed by atoms with E-state index in [9.17, 15) is 8.42 Å². The zero-order valence-electron chi connectivity index (χ0n) is 13.2. The molecule has 0 radical (unpaired) electrons. The quantitative estimate of drug-likeness (QED) is 0.778. The van der Waals surface area contributed by atoms with Gasteiger partial charge in [0.1, 0.15) is 0 Å². The first-order valence-electron chi connectivity index (χ1n) is 7.86. The van der Waals surface area contributed by atoms with E-state index >= 15 is 0 Å². The van der Waals surface area contributed by atoms with Crippen LogP contribution in [0.5, 0.6) is 0 Å². The number of benzene rings is 1. The Kier molecular flexibility index (Phi) is 6.82. The highest BCUT2D eigenvalue weighted by Crippen LogP contribution is 2.04. The lowest BCUT2D eigenvalue weighted by Gasteiger charge is -2.29. The number of hydrogen-bond donors (Lipinski definition) is 1. The van der Waals surface area contributed by atoms with Gasteiger partial charge in [0.2, 0.25) is 10.0 Å². The summed E-state index contributed by atoms with van der Waals surface area (Å²) in [5.74, 6) is 0.436. The van der Waals surface area contributed by atoms with E-state index in [1.165, 1.54) is 0 Å². The van der Waals surface area contributed by atoms with Crippen LogP contribution in [-0.4, -0.2) is 58.5 Å². The van der Waals surface area contributed by atoms with E-state index < -0.39 is 10.0 Å². The van der Waals surface area contributed by atoms with Gasteiger partial charge >= 0.3 is 0 Å². The number of rotatable bonds is 8. The lowest BCUT2D eigenvalue weighted by Crippen LogP contribution is -2.41. The molecule has 1 aromatic rings. The molecule has 124 valence electrons. The molecular formula is C16H26N2O3S. The van der Waals surface area contributed by atoms with Gasteiger partial charge in [0.05, 0.1) is 19.0 Å². The fourth-order valence-corrected chi connectivity index (χ4v) is 3.71. The van der Waals surface area contributed by atoms with Crippen LogP contribution in [0.4, 0.5) is 0 Å². The Morgan fingerprint density at radius 3 is 2.59 bits per heavy atom. The van der Waals surface area contributed by atoms with Crippen LogP contribution in [0.15, 0.2) is 30.3 Å². The molecule has 1 atom stereocenters. The molecule has 0 unspecified atom stereocenters. The van der Waals surface area contributed by atoms with E-state index in [-0.39, 0.29) is 5.75 Å². The van der Waals surface area contributed by atoms with Crippen LogP contribution in [0.2, 0.25) is 0 Å². The monoisotopic (exact) mass is 326 g/mol. The molecule has 1 saturated heterocycles. The maximum absolute atomic E-state index is 12.1. The van der Waals surface area contributed by atoms with Gasteiger partial charge in [-0.2, -0.15) is 0 Å². The second-order valence-corrected chi connectivity index (χ2v) is 7.85. The van der Waals surface area contributed by atoms with Crippen LogP contribution >= 0.6 is 0 Å². The van der Waals surface area contributed by atoms with Crippen molar-refractivity contribution in [2.75, 3.05) is 45.1 Å². The van der Waals surface area contributed by atoms with Crippen molar-refractivity contribution in [1.82, 2.24) is 9.62 Å². The minimum atomic E-state index is -3.21. The normalized spacial score (nSPS) is 18.2. The van der Waals surface area contributed by atoms with Crippen molar-refractivity contribution in [2.45, 2.75) is 13.3 Å². The second kappa shape index (κ2) is 8.62. The second-order valence-electron chi connectivity index (χ2n) is 5.92. The molecule has 0 bridgehead atoms. The van der Waals surface area contributed by atoms with Crippen molar-refractivity contribution in [3.05, 3.63) is 35.9 Å². The zero-order chi connectivity index (χ0) is 15.8. The van der Waals surface area contributed by atoms with Gasteiger partial charge in [-0.05, 0) is 17.9 Å². The van der Waals surface area contributed by atoms with Crippen LogP contribution in [-0.2, 0) is 21.2 Å². The van der Waals surface area contributed by atoms with Crippen molar-refractivity contribution in [3.63, 3.8) is 0 Å². The average molecular weight is 326 g/mol. The lowest BCUT2D eigenvalue weighted by atomic mass is 10.1. The summed E-state index contributed by atoms with van der Waals surface area (Å²) in [5, 5.41) is 0. The predicted molar refractivity (Wildman–Crippen MR) is 88.4 cm³/mol. The Bertz CT molecular complexity index is 528. The van der Waals surface area contributed by atoms with Gasteiger partial charge in [-0.15, -0.1) is 0 Å². The molecule has 1 N–H and O–H groups in total. The van der Waals surface area contributed by atoms with Crippen molar-refractivity contribution < 1.29 is 13.2 Å². The molecule has 2 rings (SSSR count). The Morgan fingerprint density at radius 2 is 1.91 bits per heavy atom. The summed E-state index contributed by atoms with van der Waals surface area (Å²) in [6.45, 7) is 6.90. The molecule has 1 aliphatic heterocycles. The van der Waals surface area contributed by atoms with E-state index in [1.807, 2.05) is 30.3 Å². The number of aryl methyl sites for hydroxylation is 1. The zero-order valence-corrected chi connectivity index (χ0v) is 14.0. The largest absolute Gasteiger partial charge is 0.379 e. The van der Waals surface area contributed by atoms with E-state index in [2.05, 4.69) is 16.5 Å². The van der Waals surface area contributed by atoms with Crippen LogP contribution in [0.3, 0.4) is 0 Å². The maximum atomic E-state index is 12.1. The summed E-state index contributed by atoms with van der Waals surface area (Å²) in [6, 6.07) is 9.70. The van der Waals surface area contributed by atoms with E-state index in [4.69, 9.17) is 4.74 Å². The number of nitrogens with zero attached hydrogens (tertiary/aromatic N) is 1. The summed E-state index contributed by atoms with van der Waals surface area (Å²) in [6.07, 6.45) is 0.550. The van der Waals surface area contributed by atoms with Gasteiger partial charge in [0.15, 0.2) is 0 Å². The topological polar surface area (TPSA) is 58.6 Å². The van der Waals surface area contributed by atoms with Crippen molar-refractivity contribution >= 4 is 10.0 Å². The fraction of sp³-hybridized carbons (Fsp3) is 0.625. The smallest absolute Gasteiger partial charge is 0.211 e. The molecule has 22 heavy (non-hydrogen) atoms. The number of hydrogen-bond acceptors (Lipinski definition) is 4. The maximum Gasteiger partial charge on any atom is 0.211 e. The van der Waals surface area contributed by atoms with Gasteiger partial charge in [-0.25, -0.2) is 13.1 Å². The highest BCUT2D eigenvalue weighted by atomic mass is 32.2. The highest BCUT2D eigenvalue weighted by molar-refractivity contribution is 7.89. The lowest BCUT2D eigenvalue weighted by molar-refractivity contribution is 0.0321. The molecule has 0 spiro atoms. The van der Waals surface area contributed by atoms with E-state index in [1.54, 1.807) is 0 Å². The van der Waals surface area contributed by atoms with Crippen LogP contribution in [0.1, 0.15) is 12.5 Å². The van der Waals surface area contributed by atoms with Crippen molar-refractivity contribution in [3.8, 4) is 0 Å². The van der Waals surface area contributed by atoms with Crippen molar-refractivity contribution in [1.29, 1.82) is 0 Å². The predicted octanol–water partition coefficient (Wildman–Crippen LogP) is 1.12. The van der Waals surface area contributed by atoms with Crippen LogP contribution in [0, 0.1) is 5.92 Å². The number of morpholine rings is 1. The first-order valence-corrected chi connectivity index (χ1v) is 9.52. The summed E-state index contributed by atoms with van der Waals surface area (Å²) in [7, 11) is -3.21. The molecule has 1 fully saturated rings. The van der Waals surface area contributed by atoms with E-state index in [0.29, 0.717) is 18.9 Å². The third kappa shape index (κ3) is 6.44. The summed E-state index contributed by atoms with van der Waals surface area (Å²) >= 11 is 0. The van der Waals surface area contributed by atoms with Gasteiger partial charge < -0.3 is 4.74 Å².